The number of hydrogen-bond acceptors (Lipinski definition) is 7. The Morgan fingerprint density at radius 3 is 2.77 bits per heavy atom. The average molecular weight is 298 g/mol. The van der Waals surface area contributed by atoms with E-state index in [4.69, 9.17) is 8.94 Å². The van der Waals surface area contributed by atoms with Crippen molar-refractivity contribution >= 4 is 22.8 Å². The van der Waals surface area contributed by atoms with Crippen LogP contribution in [0.25, 0.3) is 11.1 Å². The van der Waals surface area contributed by atoms with E-state index in [1.54, 1.807) is 0 Å². The largest absolute Gasteiger partial charge is 0.478 e. The second-order valence-corrected chi connectivity index (χ2v) is 5.37. The molecule has 1 aliphatic carbocycles. The molecule has 0 aliphatic heterocycles. The molecule has 0 radical (unpaired) electrons. The van der Waals surface area contributed by atoms with Crippen molar-refractivity contribution in [2.24, 2.45) is 10.2 Å². The van der Waals surface area contributed by atoms with Crippen LogP contribution in [-0.4, -0.2) is 15.2 Å². The Balaban J connectivity index is 1.66. The molecule has 3 aromatic rings. The van der Waals surface area contributed by atoms with E-state index in [0.29, 0.717) is 16.8 Å². The van der Waals surface area contributed by atoms with Crippen LogP contribution in [0.1, 0.15) is 37.3 Å². The smallest absolute Gasteiger partial charge is 0.341 e. The van der Waals surface area contributed by atoms with E-state index in [1.165, 1.54) is 0 Å². The van der Waals surface area contributed by atoms with Crippen molar-refractivity contribution in [3.8, 4) is 5.95 Å². The third-order valence-electron chi connectivity index (χ3n) is 3.94. The molecule has 0 bridgehead atoms. The van der Waals surface area contributed by atoms with Gasteiger partial charge in [0.2, 0.25) is 0 Å². The van der Waals surface area contributed by atoms with Crippen LogP contribution in [0.15, 0.2) is 43.4 Å². The maximum atomic E-state index is 9.78. The summed E-state index contributed by atoms with van der Waals surface area (Å²) in [5, 5.41) is 21.7. The summed E-state index contributed by atoms with van der Waals surface area (Å²) < 4.78 is 10.3. The fraction of sp³-hybridized carbons (Fsp3) is 0.333. The van der Waals surface area contributed by atoms with Gasteiger partial charge in [0.25, 0.3) is 0 Å². The summed E-state index contributed by atoms with van der Waals surface area (Å²) in [6.07, 6.45) is 4.36. The van der Waals surface area contributed by atoms with Gasteiger partial charge in [0, 0.05) is 5.92 Å². The highest BCUT2D eigenvalue weighted by Crippen LogP contribution is 2.42. The van der Waals surface area contributed by atoms with Crippen molar-refractivity contribution in [1.82, 2.24) is 10.1 Å². The maximum Gasteiger partial charge on any atom is 0.341 e. The fourth-order valence-corrected chi connectivity index (χ4v) is 2.85. The standard InChI is InChI=1S/C15H14N4O3/c20-14-13(12(19-22-14)9-5-1-2-6-9)17-18-15-16-10-7-3-4-8-11(10)21-15/h3-4,7-9,20H,1-2,5-6H2. The molecule has 112 valence electrons. The first-order chi connectivity index (χ1) is 10.8. The van der Waals surface area contributed by atoms with Gasteiger partial charge in [-0.1, -0.05) is 35.2 Å². The number of para-hydroxylation sites is 2. The van der Waals surface area contributed by atoms with Crippen molar-refractivity contribution in [2.45, 2.75) is 31.6 Å². The summed E-state index contributed by atoms with van der Waals surface area (Å²) in [7, 11) is 0. The topological polar surface area (TPSA) is 97.0 Å². The van der Waals surface area contributed by atoms with Crippen molar-refractivity contribution in [1.29, 1.82) is 0 Å². The SMILES string of the molecule is Oc1onc(C2CCCC2)c1N=Nc1nc2ccccc2o1. The Hall–Kier alpha value is -2.70. The van der Waals surface area contributed by atoms with Crippen molar-refractivity contribution in [3.05, 3.63) is 30.0 Å². The number of oxazole rings is 1. The maximum absolute atomic E-state index is 9.78. The predicted molar refractivity (Wildman–Crippen MR) is 77.6 cm³/mol. The van der Waals surface area contributed by atoms with Gasteiger partial charge in [0.05, 0.1) is 0 Å². The number of aromatic nitrogens is 2. The minimum atomic E-state index is -0.318. The van der Waals surface area contributed by atoms with Crippen LogP contribution in [0.4, 0.5) is 11.7 Å². The van der Waals surface area contributed by atoms with Gasteiger partial charge in [-0.3, -0.25) is 0 Å². The molecule has 2 heterocycles. The van der Waals surface area contributed by atoms with Crippen LogP contribution < -0.4 is 0 Å². The van der Waals surface area contributed by atoms with E-state index in [-0.39, 0.29) is 23.6 Å². The minimum Gasteiger partial charge on any atom is -0.478 e. The Morgan fingerprint density at radius 2 is 1.95 bits per heavy atom. The number of benzene rings is 1. The molecule has 22 heavy (non-hydrogen) atoms. The Kier molecular flexibility index (Phi) is 3.10. The van der Waals surface area contributed by atoms with E-state index in [2.05, 4.69) is 20.4 Å². The summed E-state index contributed by atoms with van der Waals surface area (Å²) >= 11 is 0. The van der Waals surface area contributed by atoms with Gasteiger partial charge in [-0.25, -0.2) is 0 Å². The third kappa shape index (κ3) is 2.24. The predicted octanol–water partition coefficient (Wildman–Crippen LogP) is 4.59. The average Bonchev–Trinajstić information content (AvgIpc) is 3.24. The van der Waals surface area contributed by atoms with Crippen molar-refractivity contribution < 1.29 is 14.0 Å². The number of nitrogens with zero attached hydrogens (tertiary/aromatic N) is 4. The molecule has 1 N–H and O–H groups in total. The van der Waals surface area contributed by atoms with Gasteiger partial charge in [-0.05, 0) is 25.0 Å². The van der Waals surface area contributed by atoms with Crippen molar-refractivity contribution in [3.63, 3.8) is 0 Å². The lowest BCUT2D eigenvalue weighted by molar-refractivity contribution is 0.275. The third-order valence-corrected chi connectivity index (χ3v) is 3.94. The molecule has 2 aromatic heterocycles. The summed E-state index contributed by atoms with van der Waals surface area (Å²) in [5.74, 6) is -0.0519. The normalized spacial score (nSPS) is 16.2. The van der Waals surface area contributed by atoms with E-state index >= 15 is 0 Å². The van der Waals surface area contributed by atoms with Crippen LogP contribution >= 0.6 is 0 Å². The second kappa shape index (κ2) is 5.25. The van der Waals surface area contributed by atoms with E-state index in [9.17, 15) is 5.11 Å². The van der Waals surface area contributed by atoms with Gasteiger partial charge in [-0.15, -0.1) is 5.11 Å². The second-order valence-electron chi connectivity index (χ2n) is 5.37. The summed E-state index contributed by atoms with van der Waals surface area (Å²) in [6.45, 7) is 0. The molecular weight excluding hydrogens is 284 g/mol. The van der Waals surface area contributed by atoms with Gasteiger partial charge < -0.3 is 14.0 Å². The molecule has 0 spiro atoms. The van der Waals surface area contributed by atoms with Crippen LogP contribution in [0.3, 0.4) is 0 Å². The highest BCUT2D eigenvalue weighted by molar-refractivity contribution is 5.73. The number of hydrogen-bond donors (Lipinski definition) is 1. The summed E-state index contributed by atoms with van der Waals surface area (Å²) in [4.78, 5) is 4.21. The van der Waals surface area contributed by atoms with E-state index < -0.39 is 0 Å². The molecule has 1 saturated carbocycles. The molecule has 1 fully saturated rings. The first-order valence-electron chi connectivity index (χ1n) is 7.27. The Labute approximate surface area is 125 Å². The highest BCUT2D eigenvalue weighted by atomic mass is 16.5. The Morgan fingerprint density at radius 1 is 1.14 bits per heavy atom. The number of azo groups is 1. The van der Waals surface area contributed by atoms with E-state index in [1.807, 2.05) is 24.3 Å². The molecule has 0 unspecified atom stereocenters. The molecule has 7 nitrogen and oxygen atoms in total. The summed E-state index contributed by atoms with van der Waals surface area (Å²) in [5.41, 5.74) is 2.29. The van der Waals surface area contributed by atoms with Crippen molar-refractivity contribution in [2.75, 3.05) is 0 Å². The van der Waals surface area contributed by atoms with Crippen LogP contribution in [-0.2, 0) is 0 Å². The number of aromatic hydroxyl groups is 1. The number of rotatable bonds is 3. The zero-order valence-electron chi connectivity index (χ0n) is 11.8. The lowest BCUT2D eigenvalue weighted by atomic mass is 10.0. The Bertz CT molecular complexity index is 797. The lowest BCUT2D eigenvalue weighted by Crippen LogP contribution is -1.92. The number of fused-ring (bicyclic) bond motifs is 1. The molecule has 1 aromatic carbocycles. The molecular formula is C15H14N4O3. The van der Waals surface area contributed by atoms with Gasteiger partial charge in [0.15, 0.2) is 11.3 Å². The zero-order chi connectivity index (χ0) is 14.9. The van der Waals surface area contributed by atoms with Crippen LogP contribution in [0.5, 0.6) is 5.95 Å². The lowest BCUT2D eigenvalue weighted by Gasteiger charge is -2.03. The highest BCUT2D eigenvalue weighted by Gasteiger charge is 2.26. The summed E-state index contributed by atoms with van der Waals surface area (Å²) in [6, 6.07) is 7.51. The van der Waals surface area contributed by atoms with Gasteiger partial charge >= 0.3 is 12.0 Å². The fourth-order valence-electron chi connectivity index (χ4n) is 2.85. The molecule has 0 saturated heterocycles. The molecule has 0 atom stereocenters. The monoisotopic (exact) mass is 298 g/mol. The van der Waals surface area contributed by atoms with Crippen LogP contribution in [0, 0.1) is 0 Å². The first kappa shape index (κ1) is 13.0. The first-order valence-corrected chi connectivity index (χ1v) is 7.27. The molecule has 7 heteroatoms. The van der Waals surface area contributed by atoms with Gasteiger partial charge in [0.1, 0.15) is 11.2 Å². The quantitative estimate of drug-likeness (QED) is 0.713. The molecule has 4 rings (SSSR count). The van der Waals surface area contributed by atoms with E-state index in [0.717, 1.165) is 25.7 Å². The minimum absolute atomic E-state index is 0.138. The molecule has 1 aliphatic rings. The zero-order valence-corrected chi connectivity index (χ0v) is 11.8. The van der Waals surface area contributed by atoms with Crippen LogP contribution in [0.2, 0.25) is 0 Å². The van der Waals surface area contributed by atoms with Gasteiger partial charge in [-0.2, -0.15) is 4.98 Å². The molecule has 0 amide bonds.